The molecule has 0 N–H and O–H groups in total. The molecule has 1 unspecified atom stereocenters. The summed E-state index contributed by atoms with van der Waals surface area (Å²) in [5.41, 5.74) is 1.12. The molecular weight excluding hydrogens is 238 g/mol. The lowest BCUT2D eigenvalue weighted by Gasteiger charge is -2.30. The maximum Gasteiger partial charge on any atom is 0.133 e. The van der Waals surface area contributed by atoms with E-state index >= 15 is 0 Å². The first kappa shape index (κ1) is 14.3. The van der Waals surface area contributed by atoms with Crippen molar-refractivity contribution in [2.75, 3.05) is 7.05 Å². The van der Waals surface area contributed by atoms with E-state index in [4.69, 9.17) is 0 Å². The van der Waals surface area contributed by atoms with E-state index in [0.29, 0.717) is 17.9 Å². The molecule has 0 saturated heterocycles. The van der Waals surface area contributed by atoms with Crippen LogP contribution in [0.3, 0.4) is 0 Å². The first-order valence-electron chi connectivity index (χ1n) is 7.36. The van der Waals surface area contributed by atoms with Crippen LogP contribution < -0.4 is 0 Å². The van der Waals surface area contributed by atoms with Crippen LogP contribution in [0, 0.1) is 0 Å². The zero-order chi connectivity index (χ0) is 13.8. The summed E-state index contributed by atoms with van der Waals surface area (Å²) in [4.78, 5) is 13.6. The number of hydrogen-bond acceptors (Lipinski definition) is 3. The van der Waals surface area contributed by atoms with E-state index in [0.717, 1.165) is 44.3 Å². The van der Waals surface area contributed by atoms with E-state index < -0.39 is 0 Å². The number of Topliss-reactive ketones (excluding diaryl/α,β-unsaturated/α-hetero) is 1. The second kappa shape index (κ2) is 6.33. The van der Waals surface area contributed by atoms with Crippen LogP contribution in [0.25, 0.3) is 0 Å². The molecule has 0 spiro atoms. The Labute approximate surface area is 115 Å². The molecule has 0 radical (unpaired) electrons. The number of nitrogens with zero attached hydrogens (tertiary/aromatic N) is 3. The van der Waals surface area contributed by atoms with Crippen LogP contribution in [-0.4, -0.2) is 33.6 Å². The average Bonchev–Trinajstić information content (AvgIpc) is 2.87. The molecule has 0 aliphatic heterocycles. The number of carbonyl (C=O) groups excluding carboxylic acids is 1. The van der Waals surface area contributed by atoms with Gasteiger partial charge in [0.05, 0.1) is 5.69 Å². The number of aromatic nitrogens is 2. The second-order valence-electron chi connectivity index (χ2n) is 5.73. The molecule has 106 valence electrons. The minimum atomic E-state index is 0.422. The Hall–Kier alpha value is -1.16. The van der Waals surface area contributed by atoms with Crippen LogP contribution in [-0.2, 0) is 11.3 Å². The predicted octanol–water partition coefficient (Wildman–Crippen LogP) is 2.80. The van der Waals surface area contributed by atoms with Crippen molar-refractivity contribution < 1.29 is 4.79 Å². The minimum Gasteiger partial charge on any atom is -0.300 e. The summed E-state index contributed by atoms with van der Waals surface area (Å²) >= 11 is 0. The summed E-state index contributed by atoms with van der Waals surface area (Å²) in [7, 11) is 2.14. The Morgan fingerprint density at radius 3 is 2.79 bits per heavy atom. The van der Waals surface area contributed by atoms with E-state index in [1.54, 1.807) is 0 Å². The SMILES string of the molecule is CCC(C)n1ccc(CN(C)C2CCC(=O)CC2)n1. The van der Waals surface area contributed by atoms with Gasteiger partial charge in [-0.15, -0.1) is 0 Å². The molecular formula is C15H25N3O. The number of carbonyl (C=O) groups is 1. The fourth-order valence-electron chi connectivity index (χ4n) is 2.64. The Kier molecular flexibility index (Phi) is 4.75. The molecule has 4 heteroatoms. The summed E-state index contributed by atoms with van der Waals surface area (Å²) in [5, 5.41) is 4.64. The molecule has 1 fully saturated rings. The van der Waals surface area contributed by atoms with Crippen molar-refractivity contribution in [2.45, 2.75) is 64.6 Å². The second-order valence-corrected chi connectivity index (χ2v) is 5.73. The van der Waals surface area contributed by atoms with Crippen molar-refractivity contribution in [1.82, 2.24) is 14.7 Å². The van der Waals surface area contributed by atoms with Gasteiger partial charge < -0.3 is 0 Å². The first-order valence-corrected chi connectivity index (χ1v) is 7.36. The standard InChI is InChI=1S/C15H25N3O/c1-4-12(2)18-10-9-13(16-18)11-17(3)14-5-7-15(19)8-6-14/h9-10,12,14H,4-8,11H2,1-3H3. The van der Waals surface area contributed by atoms with Gasteiger partial charge in [-0.05, 0) is 39.3 Å². The van der Waals surface area contributed by atoms with Gasteiger partial charge >= 0.3 is 0 Å². The average molecular weight is 263 g/mol. The Bertz CT molecular complexity index is 417. The molecule has 1 aromatic rings. The lowest BCUT2D eigenvalue weighted by atomic mass is 9.93. The van der Waals surface area contributed by atoms with Crippen LogP contribution in [0.15, 0.2) is 12.3 Å². The van der Waals surface area contributed by atoms with E-state index in [1.165, 1.54) is 0 Å². The molecule has 4 nitrogen and oxygen atoms in total. The molecule has 19 heavy (non-hydrogen) atoms. The molecule has 1 aromatic heterocycles. The highest BCUT2D eigenvalue weighted by atomic mass is 16.1. The Morgan fingerprint density at radius 2 is 2.16 bits per heavy atom. The van der Waals surface area contributed by atoms with Gasteiger partial charge in [-0.1, -0.05) is 6.92 Å². The number of ketones is 1. The van der Waals surface area contributed by atoms with Crippen LogP contribution in [0.1, 0.15) is 57.7 Å². The maximum absolute atomic E-state index is 11.3. The van der Waals surface area contributed by atoms with E-state index in [9.17, 15) is 4.79 Å². The molecule has 1 saturated carbocycles. The molecule has 2 rings (SSSR count). The number of rotatable bonds is 5. The largest absolute Gasteiger partial charge is 0.300 e. The summed E-state index contributed by atoms with van der Waals surface area (Å²) in [5.74, 6) is 0.422. The topological polar surface area (TPSA) is 38.1 Å². The number of hydrogen-bond donors (Lipinski definition) is 0. The van der Waals surface area contributed by atoms with Crippen molar-refractivity contribution in [3.05, 3.63) is 18.0 Å². The van der Waals surface area contributed by atoms with Crippen LogP contribution in [0.5, 0.6) is 0 Å². The lowest BCUT2D eigenvalue weighted by Crippen LogP contribution is -2.34. The van der Waals surface area contributed by atoms with Gasteiger partial charge in [0, 0.05) is 37.7 Å². The van der Waals surface area contributed by atoms with Crippen LogP contribution >= 0.6 is 0 Å². The lowest BCUT2D eigenvalue weighted by molar-refractivity contribution is -0.121. The molecule has 1 aliphatic rings. The van der Waals surface area contributed by atoms with E-state index in [-0.39, 0.29) is 0 Å². The van der Waals surface area contributed by atoms with Crippen LogP contribution in [0.2, 0.25) is 0 Å². The Balaban J connectivity index is 1.89. The molecule has 1 atom stereocenters. The summed E-state index contributed by atoms with van der Waals surface area (Å²) in [6, 6.07) is 3.11. The van der Waals surface area contributed by atoms with Crippen molar-refractivity contribution >= 4 is 5.78 Å². The van der Waals surface area contributed by atoms with Gasteiger partial charge in [-0.25, -0.2) is 0 Å². The molecule has 1 aliphatic carbocycles. The highest BCUT2D eigenvalue weighted by Crippen LogP contribution is 2.21. The normalized spacial score (nSPS) is 19.1. The third kappa shape index (κ3) is 3.66. The monoisotopic (exact) mass is 263 g/mol. The van der Waals surface area contributed by atoms with Crippen molar-refractivity contribution in [2.24, 2.45) is 0 Å². The summed E-state index contributed by atoms with van der Waals surface area (Å²) in [6.07, 6.45) is 6.67. The van der Waals surface area contributed by atoms with Crippen LogP contribution in [0.4, 0.5) is 0 Å². The van der Waals surface area contributed by atoms with Crippen molar-refractivity contribution in [3.8, 4) is 0 Å². The Morgan fingerprint density at radius 1 is 1.47 bits per heavy atom. The fraction of sp³-hybridized carbons (Fsp3) is 0.733. The molecule has 0 aromatic carbocycles. The summed E-state index contributed by atoms with van der Waals surface area (Å²) < 4.78 is 2.05. The molecule has 1 heterocycles. The smallest absolute Gasteiger partial charge is 0.133 e. The first-order chi connectivity index (χ1) is 9.10. The van der Waals surface area contributed by atoms with Crippen molar-refractivity contribution in [3.63, 3.8) is 0 Å². The van der Waals surface area contributed by atoms with Gasteiger partial charge in [0.25, 0.3) is 0 Å². The van der Waals surface area contributed by atoms with Gasteiger partial charge in [-0.3, -0.25) is 14.4 Å². The third-order valence-corrected chi connectivity index (χ3v) is 4.25. The maximum atomic E-state index is 11.3. The minimum absolute atomic E-state index is 0.422. The van der Waals surface area contributed by atoms with Gasteiger partial charge in [-0.2, -0.15) is 5.10 Å². The van der Waals surface area contributed by atoms with Crippen molar-refractivity contribution in [1.29, 1.82) is 0 Å². The van der Waals surface area contributed by atoms with Gasteiger partial charge in [0.2, 0.25) is 0 Å². The summed E-state index contributed by atoms with van der Waals surface area (Å²) in [6.45, 7) is 5.24. The molecule has 0 bridgehead atoms. The zero-order valence-corrected chi connectivity index (χ0v) is 12.3. The van der Waals surface area contributed by atoms with Gasteiger partial charge in [0.15, 0.2) is 0 Å². The highest BCUT2D eigenvalue weighted by molar-refractivity contribution is 5.79. The van der Waals surface area contributed by atoms with E-state index in [2.05, 4.69) is 43.2 Å². The van der Waals surface area contributed by atoms with Gasteiger partial charge in [0.1, 0.15) is 5.78 Å². The van der Waals surface area contributed by atoms with E-state index in [1.807, 2.05) is 4.68 Å². The predicted molar refractivity (Wildman–Crippen MR) is 76.0 cm³/mol. The highest BCUT2D eigenvalue weighted by Gasteiger charge is 2.22. The zero-order valence-electron chi connectivity index (χ0n) is 12.3. The third-order valence-electron chi connectivity index (χ3n) is 4.25. The quantitative estimate of drug-likeness (QED) is 0.820. The molecule has 0 amide bonds. The fourth-order valence-corrected chi connectivity index (χ4v) is 2.64.